The van der Waals surface area contributed by atoms with E-state index in [-0.39, 0.29) is 11.7 Å². The van der Waals surface area contributed by atoms with E-state index in [0.717, 1.165) is 0 Å². The molecule has 2 rings (SSSR count). The Bertz CT molecular complexity index is 647. The molecule has 0 aliphatic rings. The maximum atomic E-state index is 11.7. The molecule has 0 aliphatic heterocycles. The number of alkyl halides is 1. The van der Waals surface area contributed by atoms with Crippen molar-refractivity contribution in [3.63, 3.8) is 0 Å². The Hall–Kier alpha value is -2.01. The number of fused-ring (bicyclic) bond motifs is 1. The number of aromatic nitrogens is 1. The molecule has 0 spiro atoms. The first-order valence-electron chi connectivity index (χ1n) is 5.49. The van der Waals surface area contributed by atoms with E-state index in [1.54, 1.807) is 18.2 Å². The number of rotatable bonds is 4. The summed E-state index contributed by atoms with van der Waals surface area (Å²) in [5, 5.41) is 0.653. The summed E-state index contributed by atoms with van der Waals surface area (Å²) in [6.45, 7) is 0. The molecule has 0 saturated heterocycles. The molecule has 100 valence electrons. The second-order valence-electron chi connectivity index (χ2n) is 3.83. The van der Waals surface area contributed by atoms with E-state index in [9.17, 15) is 9.59 Å². The lowest BCUT2D eigenvalue weighted by molar-refractivity contribution is 0.0600. The number of hydrogen-bond donors (Lipinski definition) is 0. The number of esters is 1. The van der Waals surface area contributed by atoms with Crippen LogP contribution in [-0.4, -0.2) is 36.6 Å². The van der Waals surface area contributed by atoms with Crippen LogP contribution in [0, 0.1) is 0 Å². The van der Waals surface area contributed by atoms with Gasteiger partial charge in [-0.05, 0) is 6.07 Å². The fourth-order valence-electron chi connectivity index (χ4n) is 1.87. The van der Waals surface area contributed by atoms with Gasteiger partial charge in [0.25, 0.3) is 0 Å². The molecule has 0 radical (unpaired) electrons. The largest absolute Gasteiger partial charge is 0.465 e. The Morgan fingerprint density at radius 2 is 2.05 bits per heavy atom. The third-order valence-corrected chi connectivity index (χ3v) is 3.06. The van der Waals surface area contributed by atoms with Gasteiger partial charge in [0.1, 0.15) is 7.11 Å². The minimum Gasteiger partial charge on any atom is -0.465 e. The van der Waals surface area contributed by atoms with Crippen molar-refractivity contribution in [2.24, 2.45) is 0 Å². The molecule has 0 bridgehead atoms. The smallest absolute Gasteiger partial charge is 0.340 e. The Labute approximate surface area is 114 Å². The highest BCUT2D eigenvalue weighted by Gasteiger charge is 2.17. The standard InChI is InChI=1S/C13H12ClNO4/c1-18-13(17)10-7-15(19-2)11-5-8(12(16)6-14)3-4-9(10)11/h3-5,7H,6H2,1-2H3. The number of hydrogen-bond acceptors (Lipinski definition) is 4. The predicted molar refractivity (Wildman–Crippen MR) is 70.8 cm³/mol. The molecule has 5 nitrogen and oxygen atoms in total. The first-order chi connectivity index (χ1) is 9.12. The van der Waals surface area contributed by atoms with E-state index in [4.69, 9.17) is 21.2 Å². The fraction of sp³-hybridized carbons (Fsp3) is 0.231. The summed E-state index contributed by atoms with van der Waals surface area (Å²) in [7, 11) is 2.78. The summed E-state index contributed by atoms with van der Waals surface area (Å²) in [5.41, 5.74) is 1.46. The number of ketones is 1. The van der Waals surface area contributed by atoms with Crippen LogP contribution in [0.4, 0.5) is 0 Å². The normalized spacial score (nSPS) is 10.5. The third-order valence-electron chi connectivity index (χ3n) is 2.82. The SMILES string of the molecule is COC(=O)c1cn(OC)c2cc(C(=O)CCl)ccc12. The van der Waals surface area contributed by atoms with Crippen LogP contribution in [0.1, 0.15) is 20.7 Å². The van der Waals surface area contributed by atoms with Crippen LogP contribution in [0.5, 0.6) is 0 Å². The minimum atomic E-state index is -0.461. The highest BCUT2D eigenvalue weighted by molar-refractivity contribution is 6.30. The van der Waals surface area contributed by atoms with Crippen molar-refractivity contribution >= 4 is 34.3 Å². The number of carbonyl (C=O) groups excluding carboxylic acids is 2. The third kappa shape index (κ3) is 2.29. The number of carbonyl (C=O) groups is 2. The quantitative estimate of drug-likeness (QED) is 0.488. The van der Waals surface area contributed by atoms with Crippen molar-refractivity contribution in [2.45, 2.75) is 0 Å². The molecule has 0 fully saturated rings. The maximum absolute atomic E-state index is 11.7. The molecule has 2 aromatic rings. The molecule has 0 atom stereocenters. The number of Topliss-reactive ketones (excluding diaryl/α,β-unsaturated/α-hetero) is 1. The summed E-state index contributed by atoms with van der Waals surface area (Å²) in [6, 6.07) is 4.94. The number of nitrogens with zero attached hydrogens (tertiary/aromatic N) is 1. The van der Waals surface area contributed by atoms with Gasteiger partial charge in [-0.2, -0.15) is 4.73 Å². The van der Waals surface area contributed by atoms with Crippen LogP contribution in [0.15, 0.2) is 24.4 Å². The molecular formula is C13H12ClNO4. The number of benzene rings is 1. The summed E-state index contributed by atoms with van der Waals surface area (Å²) < 4.78 is 6.11. The number of halogens is 1. The van der Waals surface area contributed by atoms with Gasteiger partial charge in [-0.1, -0.05) is 12.1 Å². The molecule has 0 saturated carbocycles. The molecule has 6 heteroatoms. The highest BCUT2D eigenvalue weighted by atomic mass is 35.5. The lowest BCUT2D eigenvalue weighted by Gasteiger charge is -2.03. The molecule has 1 aromatic carbocycles. The topological polar surface area (TPSA) is 57.5 Å². The van der Waals surface area contributed by atoms with Gasteiger partial charge in [0, 0.05) is 10.9 Å². The Kier molecular flexibility index (Phi) is 3.76. The van der Waals surface area contributed by atoms with Crippen LogP contribution in [0.3, 0.4) is 0 Å². The summed E-state index contributed by atoms with van der Waals surface area (Å²) >= 11 is 5.53. The average Bonchev–Trinajstić information content (AvgIpc) is 2.83. The van der Waals surface area contributed by atoms with Crippen molar-refractivity contribution in [2.75, 3.05) is 20.1 Å². The predicted octanol–water partition coefficient (Wildman–Crippen LogP) is 1.91. The van der Waals surface area contributed by atoms with Crippen LogP contribution in [0.25, 0.3) is 10.9 Å². The molecule has 1 aromatic heterocycles. The zero-order valence-corrected chi connectivity index (χ0v) is 11.2. The van der Waals surface area contributed by atoms with Crippen molar-refractivity contribution in [3.05, 3.63) is 35.5 Å². The number of ether oxygens (including phenoxy) is 1. The molecule has 0 amide bonds. The van der Waals surface area contributed by atoms with E-state index < -0.39 is 5.97 Å². The van der Waals surface area contributed by atoms with E-state index in [1.807, 2.05) is 0 Å². The maximum Gasteiger partial charge on any atom is 0.340 e. The summed E-state index contributed by atoms with van der Waals surface area (Å²) in [5.74, 6) is -0.743. The molecule has 1 heterocycles. The Balaban J connectivity index is 2.65. The highest BCUT2D eigenvalue weighted by Crippen LogP contribution is 2.23. The van der Waals surface area contributed by atoms with E-state index in [2.05, 4.69) is 0 Å². The number of methoxy groups -OCH3 is 1. The first-order valence-corrected chi connectivity index (χ1v) is 6.03. The van der Waals surface area contributed by atoms with Gasteiger partial charge in [0.05, 0.1) is 30.3 Å². The molecule has 0 N–H and O–H groups in total. The average molecular weight is 282 g/mol. The van der Waals surface area contributed by atoms with Crippen LogP contribution in [-0.2, 0) is 4.74 Å². The molecular weight excluding hydrogens is 270 g/mol. The fourth-order valence-corrected chi connectivity index (χ4v) is 2.03. The van der Waals surface area contributed by atoms with Crippen LogP contribution < -0.4 is 4.84 Å². The lowest BCUT2D eigenvalue weighted by Crippen LogP contribution is -2.05. The second-order valence-corrected chi connectivity index (χ2v) is 4.10. The summed E-state index contributed by atoms with van der Waals surface area (Å²) in [4.78, 5) is 28.4. The van der Waals surface area contributed by atoms with Gasteiger partial charge in [-0.25, -0.2) is 4.79 Å². The monoisotopic (exact) mass is 281 g/mol. The van der Waals surface area contributed by atoms with Gasteiger partial charge in [0.2, 0.25) is 0 Å². The molecule has 0 aliphatic carbocycles. The van der Waals surface area contributed by atoms with E-state index >= 15 is 0 Å². The van der Waals surface area contributed by atoms with Crippen LogP contribution in [0.2, 0.25) is 0 Å². The van der Waals surface area contributed by atoms with Gasteiger partial charge in [-0.3, -0.25) is 4.79 Å². The zero-order valence-electron chi connectivity index (χ0n) is 10.5. The van der Waals surface area contributed by atoms with Crippen molar-refractivity contribution < 1.29 is 19.2 Å². The van der Waals surface area contributed by atoms with E-state index in [1.165, 1.54) is 25.1 Å². The van der Waals surface area contributed by atoms with Gasteiger partial charge in [0.15, 0.2) is 5.78 Å². The van der Waals surface area contributed by atoms with Crippen molar-refractivity contribution in [1.29, 1.82) is 0 Å². The Morgan fingerprint density at radius 1 is 1.32 bits per heavy atom. The minimum absolute atomic E-state index is 0.0942. The van der Waals surface area contributed by atoms with Gasteiger partial charge >= 0.3 is 5.97 Å². The molecule has 0 unspecified atom stereocenters. The molecule has 19 heavy (non-hydrogen) atoms. The van der Waals surface area contributed by atoms with Gasteiger partial charge in [-0.15, -0.1) is 11.6 Å². The Morgan fingerprint density at radius 3 is 2.63 bits per heavy atom. The zero-order chi connectivity index (χ0) is 14.0. The lowest BCUT2D eigenvalue weighted by atomic mass is 10.1. The van der Waals surface area contributed by atoms with E-state index in [0.29, 0.717) is 22.0 Å². The van der Waals surface area contributed by atoms with Gasteiger partial charge < -0.3 is 9.57 Å². The van der Waals surface area contributed by atoms with Crippen LogP contribution >= 0.6 is 11.6 Å². The van der Waals surface area contributed by atoms with Crippen molar-refractivity contribution in [3.8, 4) is 0 Å². The summed E-state index contributed by atoms with van der Waals surface area (Å²) in [6.07, 6.45) is 1.52. The van der Waals surface area contributed by atoms with Crippen molar-refractivity contribution in [1.82, 2.24) is 4.73 Å². The first kappa shape index (κ1) is 13.4. The second kappa shape index (κ2) is 5.32.